The van der Waals surface area contributed by atoms with Crippen molar-refractivity contribution in [3.63, 3.8) is 0 Å². The quantitative estimate of drug-likeness (QED) is 0.227. The van der Waals surface area contributed by atoms with Crippen LogP contribution in [0.25, 0.3) is 28.0 Å². The Morgan fingerprint density at radius 2 is 1.84 bits per heavy atom. The van der Waals surface area contributed by atoms with Gasteiger partial charge in [0.25, 0.3) is 0 Å². The number of carbonyl (C=O) groups is 1. The molecule has 236 valence electrons. The van der Waals surface area contributed by atoms with E-state index in [1.807, 2.05) is 0 Å². The number of nitrogens with zero attached hydrogens (tertiary/aromatic N) is 6. The molecule has 0 spiro atoms. The van der Waals surface area contributed by atoms with Crippen LogP contribution in [0.3, 0.4) is 0 Å². The van der Waals surface area contributed by atoms with Crippen LogP contribution in [0.5, 0.6) is 0 Å². The molecule has 10 nitrogen and oxygen atoms in total. The van der Waals surface area contributed by atoms with Crippen molar-refractivity contribution in [2.45, 2.75) is 24.2 Å². The third kappa shape index (κ3) is 5.75. The summed E-state index contributed by atoms with van der Waals surface area (Å²) in [5.74, 6) is -3.35. The van der Waals surface area contributed by atoms with Gasteiger partial charge in [-0.05, 0) is 37.3 Å². The van der Waals surface area contributed by atoms with Crippen molar-refractivity contribution in [1.82, 2.24) is 24.4 Å². The van der Waals surface area contributed by atoms with Crippen LogP contribution in [0.2, 0.25) is 5.02 Å². The molecule has 1 aliphatic rings. The number of benzene rings is 1. The summed E-state index contributed by atoms with van der Waals surface area (Å²) < 4.78 is 98.7. The molecule has 0 N–H and O–H groups in total. The van der Waals surface area contributed by atoms with Crippen molar-refractivity contribution >= 4 is 44.2 Å². The molecule has 17 heteroatoms. The van der Waals surface area contributed by atoms with Crippen LogP contribution in [0.15, 0.2) is 59.0 Å². The van der Waals surface area contributed by atoms with E-state index in [4.69, 9.17) is 11.6 Å². The summed E-state index contributed by atoms with van der Waals surface area (Å²) in [6, 6.07) is 3.39. The van der Waals surface area contributed by atoms with Crippen LogP contribution in [0.4, 0.5) is 27.8 Å². The molecule has 1 aliphatic heterocycles. The fraction of sp³-hybridized carbons (Fsp3) is 0.250. The molecule has 4 aromatic rings. The fourth-order valence-corrected chi connectivity index (χ4v) is 6.28. The number of anilines is 1. The summed E-state index contributed by atoms with van der Waals surface area (Å²) in [5, 5.41) is -1.27. The number of halogens is 6. The lowest BCUT2D eigenvalue weighted by molar-refractivity contribution is -0.137. The minimum Gasteiger partial charge on any atom is -0.350 e. The zero-order chi connectivity index (χ0) is 33.0. The molecule has 0 saturated carbocycles. The average Bonchev–Trinajstić information content (AvgIpc) is 2.96. The van der Waals surface area contributed by atoms with Gasteiger partial charge in [-0.25, -0.2) is 36.5 Å². The van der Waals surface area contributed by atoms with E-state index in [-0.39, 0.29) is 41.8 Å². The second-order valence-corrected chi connectivity index (χ2v) is 12.5. The monoisotopic (exact) mass is 668 g/mol. The molecule has 1 atom stereocenters. The van der Waals surface area contributed by atoms with E-state index >= 15 is 8.78 Å². The van der Waals surface area contributed by atoms with Crippen molar-refractivity contribution in [3.05, 3.63) is 81.9 Å². The standard InChI is InChI=1S/C28H22ClF5N6O4S/c1-4-20(41)38-10-11-39(14(2)13-38)24-15-12-19(31)22(21-16(28(32,33)34)6-5-7-18(21)30)36-25(15)40(27(42)37-24)23-17(29)8-9-35-26(23)45(3,43)44/h4-9,12,14H,1,10-11,13H2,2-3H3/t14-/m0/s1. The van der Waals surface area contributed by atoms with Gasteiger partial charge in [0.2, 0.25) is 5.91 Å². The van der Waals surface area contributed by atoms with Gasteiger partial charge in [0.1, 0.15) is 23.0 Å². The molecule has 1 amide bonds. The minimum atomic E-state index is -5.13. The molecule has 4 heterocycles. The lowest BCUT2D eigenvalue weighted by atomic mass is 10.0. The lowest BCUT2D eigenvalue weighted by Gasteiger charge is -2.40. The first kappa shape index (κ1) is 32.0. The van der Waals surface area contributed by atoms with E-state index in [2.05, 4.69) is 21.5 Å². The van der Waals surface area contributed by atoms with Crippen molar-refractivity contribution in [1.29, 1.82) is 0 Å². The Hall–Kier alpha value is -4.44. The van der Waals surface area contributed by atoms with Gasteiger partial charge >= 0.3 is 11.9 Å². The maximum absolute atomic E-state index is 15.9. The average molecular weight is 669 g/mol. The third-order valence-electron chi connectivity index (χ3n) is 7.16. The SMILES string of the molecule is C=CC(=O)N1CCN(c2nc(=O)n(-c3c(Cl)ccnc3S(C)(=O)=O)c3nc(-c4c(F)cccc4C(F)(F)F)c(F)cc23)[C@@H](C)C1. The van der Waals surface area contributed by atoms with Crippen molar-refractivity contribution in [2.24, 2.45) is 0 Å². The van der Waals surface area contributed by atoms with Gasteiger partial charge in [0.05, 0.1) is 21.5 Å². The number of alkyl halides is 3. The lowest BCUT2D eigenvalue weighted by Crippen LogP contribution is -2.54. The predicted molar refractivity (Wildman–Crippen MR) is 155 cm³/mol. The van der Waals surface area contributed by atoms with E-state index in [1.165, 1.54) is 4.90 Å². The second kappa shape index (κ2) is 11.5. The molecule has 1 aromatic carbocycles. The Balaban J connectivity index is 1.89. The minimum absolute atomic E-state index is 0.0867. The van der Waals surface area contributed by atoms with Crippen LogP contribution in [-0.2, 0) is 20.8 Å². The Morgan fingerprint density at radius 3 is 2.47 bits per heavy atom. The largest absolute Gasteiger partial charge is 0.417 e. The molecule has 0 aliphatic carbocycles. The number of fused-ring (bicyclic) bond motifs is 1. The van der Waals surface area contributed by atoms with E-state index < -0.39 is 72.6 Å². The molecule has 0 bridgehead atoms. The Kier molecular flexibility index (Phi) is 8.16. The van der Waals surface area contributed by atoms with Gasteiger partial charge in [-0.1, -0.05) is 24.2 Å². The molecule has 1 saturated heterocycles. The third-order valence-corrected chi connectivity index (χ3v) is 8.47. The number of sulfone groups is 1. The molecule has 0 radical (unpaired) electrons. The molecule has 45 heavy (non-hydrogen) atoms. The van der Waals surface area contributed by atoms with Gasteiger partial charge in [-0.2, -0.15) is 18.2 Å². The molecule has 5 rings (SSSR count). The summed E-state index contributed by atoms with van der Waals surface area (Å²) in [4.78, 5) is 41.0. The number of amides is 1. The zero-order valence-corrected chi connectivity index (χ0v) is 25.0. The highest BCUT2D eigenvalue weighted by atomic mass is 35.5. The topological polar surface area (TPSA) is 118 Å². The maximum Gasteiger partial charge on any atom is 0.417 e. The Morgan fingerprint density at radius 1 is 1.13 bits per heavy atom. The number of rotatable bonds is 5. The number of pyridine rings is 2. The van der Waals surface area contributed by atoms with Crippen molar-refractivity contribution in [2.75, 3.05) is 30.8 Å². The van der Waals surface area contributed by atoms with Gasteiger partial charge in [-0.15, -0.1) is 0 Å². The van der Waals surface area contributed by atoms with Gasteiger partial charge < -0.3 is 9.80 Å². The number of carbonyl (C=O) groups excluding carboxylic acids is 1. The summed E-state index contributed by atoms with van der Waals surface area (Å²) in [6.45, 7) is 5.53. The number of hydrogen-bond donors (Lipinski definition) is 0. The van der Waals surface area contributed by atoms with Gasteiger partial charge in [-0.3, -0.25) is 4.79 Å². The number of aromatic nitrogens is 4. The summed E-state index contributed by atoms with van der Waals surface area (Å²) >= 11 is 6.35. The molecular formula is C28H22ClF5N6O4S. The normalized spacial score (nSPS) is 15.9. The maximum atomic E-state index is 15.9. The van der Waals surface area contributed by atoms with E-state index in [0.29, 0.717) is 16.7 Å². The zero-order valence-electron chi connectivity index (χ0n) is 23.4. The van der Waals surface area contributed by atoms with Crippen LogP contribution in [-0.4, -0.2) is 70.7 Å². The first-order valence-electron chi connectivity index (χ1n) is 13.1. The summed E-state index contributed by atoms with van der Waals surface area (Å²) in [5.41, 5.74) is -6.18. The Labute approximate surface area is 257 Å². The molecule has 0 unspecified atom stereocenters. The van der Waals surface area contributed by atoms with Gasteiger partial charge in [0, 0.05) is 38.1 Å². The smallest absolute Gasteiger partial charge is 0.350 e. The van der Waals surface area contributed by atoms with Crippen LogP contribution in [0.1, 0.15) is 12.5 Å². The highest BCUT2D eigenvalue weighted by Gasteiger charge is 2.37. The highest BCUT2D eigenvalue weighted by molar-refractivity contribution is 7.90. The van der Waals surface area contributed by atoms with Crippen LogP contribution < -0.4 is 10.6 Å². The number of hydrogen-bond acceptors (Lipinski definition) is 8. The van der Waals surface area contributed by atoms with E-state index in [1.54, 1.807) is 11.8 Å². The second-order valence-electron chi connectivity index (χ2n) is 10.2. The van der Waals surface area contributed by atoms with Crippen LogP contribution >= 0.6 is 11.6 Å². The molecule has 3 aromatic heterocycles. The first-order chi connectivity index (χ1) is 21.0. The Bertz CT molecular complexity index is 2050. The number of piperazine rings is 1. The molecule has 1 fully saturated rings. The summed E-state index contributed by atoms with van der Waals surface area (Å²) in [7, 11) is -4.20. The van der Waals surface area contributed by atoms with E-state index in [0.717, 1.165) is 36.7 Å². The fourth-order valence-electron chi connectivity index (χ4n) is 5.19. The van der Waals surface area contributed by atoms with Crippen LogP contribution in [0, 0.1) is 11.6 Å². The first-order valence-corrected chi connectivity index (χ1v) is 15.3. The summed E-state index contributed by atoms with van der Waals surface area (Å²) in [6.07, 6.45) is -2.16. The predicted octanol–water partition coefficient (Wildman–Crippen LogP) is 4.42. The van der Waals surface area contributed by atoms with Gasteiger partial charge in [0.15, 0.2) is 26.3 Å². The van der Waals surface area contributed by atoms with Crippen molar-refractivity contribution in [3.8, 4) is 16.9 Å². The highest BCUT2D eigenvalue weighted by Crippen LogP contribution is 2.40. The molecular weight excluding hydrogens is 647 g/mol. The van der Waals surface area contributed by atoms with Crippen molar-refractivity contribution < 1.29 is 35.2 Å². The van der Waals surface area contributed by atoms with E-state index in [9.17, 15) is 31.2 Å².